The molecule has 1 aliphatic heterocycles. The van der Waals surface area contributed by atoms with E-state index in [9.17, 15) is 0 Å². The van der Waals surface area contributed by atoms with Crippen molar-refractivity contribution in [2.45, 2.75) is 25.4 Å². The molecule has 1 aromatic carbocycles. The van der Waals surface area contributed by atoms with Gasteiger partial charge < -0.3 is 5.32 Å². The lowest BCUT2D eigenvalue weighted by atomic mass is 10.1. The van der Waals surface area contributed by atoms with E-state index in [2.05, 4.69) is 52.7 Å². The molecule has 0 aliphatic carbocycles. The maximum atomic E-state index is 4.46. The van der Waals surface area contributed by atoms with Gasteiger partial charge in [0.05, 0.1) is 11.4 Å². The summed E-state index contributed by atoms with van der Waals surface area (Å²) in [6.45, 7) is 3.21. The Bertz CT molecular complexity index is 528. The van der Waals surface area contributed by atoms with Crippen molar-refractivity contribution in [3.05, 3.63) is 48.3 Å². The lowest BCUT2D eigenvalue weighted by molar-refractivity contribution is 0.188. The summed E-state index contributed by atoms with van der Waals surface area (Å²) in [7, 11) is 2.22. The van der Waals surface area contributed by atoms with E-state index in [0.717, 1.165) is 25.3 Å². The first-order chi connectivity index (χ1) is 9.84. The van der Waals surface area contributed by atoms with Crippen molar-refractivity contribution in [2.75, 3.05) is 20.1 Å². The number of rotatable bonds is 4. The third-order valence-electron chi connectivity index (χ3n) is 4.07. The average Bonchev–Trinajstić information content (AvgIpc) is 2.97. The van der Waals surface area contributed by atoms with Gasteiger partial charge in [0.2, 0.25) is 0 Å². The number of aromatic nitrogens is 2. The average molecular weight is 270 g/mol. The highest BCUT2D eigenvalue weighted by Crippen LogP contribution is 2.16. The summed E-state index contributed by atoms with van der Waals surface area (Å²) in [4.78, 5) is 2.46. The Hall–Kier alpha value is -1.65. The zero-order valence-electron chi connectivity index (χ0n) is 12.0. The Morgan fingerprint density at radius 2 is 1.95 bits per heavy atom. The minimum absolute atomic E-state index is 0.676. The quantitative estimate of drug-likeness (QED) is 0.923. The SMILES string of the molecule is CN(Cc1ccnn1-c1ccccc1)C1CCNCC1. The van der Waals surface area contributed by atoms with E-state index in [0.29, 0.717) is 6.04 Å². The topological polar surface area (TPSA) is 33.1 Å². The predicted molar refractivity (Wildman–Crippen MR) is 80.9 cm³/mol. The summed E-state index contributed by atoms with van der Waals surface area (Å²) in [6.07, 6.45) is 4.35. The van der Waals surface area contributed by atoms with Gasteiger partial charge in [-0.05, 0) is 51.2 Å². The molecule has 4 nitrogen and oxygen atoms in total. The van der Waals surface area contributed by atoms with Gasteiger partial charge >= 0.3 is 0 Å². The van der Waals surface area contributed by atoms with Crippen LogP contribution in [0.4, 0.5) is 0 Å². The molecule has 2 aromatic rings. The van der Waals surface area contributed by atoms with Crippen LogP contribution in [-0.2, 0) is 6.54 Å². The second-order valence-electron chi connectivity index (χ2n) is 5.47. The van der Waals surface area contributed by atoms with Crippen LogP contribution in [-0.4, -0.2) is 40.9 Å². The summed E-state index contributed by atoms with van der Waals surface area (Å²) in [5, 5.41) is 7.88. The summed E-state index contributed by atoms with van der Waals surface area (Å²) < 4.78 is 2.04. The molecule has 3 rings (SSSR count). The van der Waals surface area contributed by atoms with Gasteiger partial charge in [-0.2, -0.15) is 5.10 Å². The Labute approximate surface area is 120 Å². The molecule has 1 aliphatic rings. The van der Waals surface area contributed by atoms with Crippen LogP contribution in [0.15, 0.2) is 42.6 Å². The van der Waals surface area contributed by atoms with Crippen LogP contribution in [0, 0.1) is 0 Å². The maximum absolute atomic E-state index is 4.46. The van der Waals surface area contributed by atoms with E-state index in [1.807, 2.05) is 16.9 Å². The van der Waals surface area contributed by atoms with Gasteiger partial charge in [-0.25, -0.2) is 4.68 Å². The fraction of sp³-hybridized carbons (Fsp3) is 0.438. The molecule has 0 bridgehead atoms. The van der Waals surface area contributed by atoms with Crippen LogP contribution < -0.4 is 5.32 Å². The zero-order valence-corrected chi connectivity index (χ0v) is 12.0. The van der Waals surface area contributed by atoms with Gasteiger partial charge in [0.1, 0.15) is 0 Å². The summed E-state index contributed by atoms with van der Waals surface area (Å²) >= 11 is 0. The van der Waals surface area contributed by atoms with Crippen molar-refractivity contribution in [2.24, 2.45) is 0 Å². The van der Waals surface area contributed by atoms with Crippen molar-refractivity contribution >= 4 is 0 Å². The van der Waals surface area contributed by atoms with Crippen LogP contribution in [0.25, 0.3) is 5.69 Å². The minimum atomic E-state index is 0.676. The Morgan fingerprint density at radius 3 is 2.70 bits per heavy atom. The molecule has 1 saturated heterocycles. The van der Waals surface area contributed by atoms with Crippen molar-refractivity contribution in [3.63, 3.8) is 0 Å². The lowest BCUT2D eigenvalue weighted by Gasteiger charge is -2.31. The number of hydrogen-bond acceptors (Lipinski definition) is 3. The molecule has 1 fully saturated rings. The number of piperidine rings is 1. The number of nitrogens with zero attached hydrogens (tertiary/aromatic N) is 3. The minimum Gasteiger partial charge on any atom is -0.317 e. The van der Waals surface area contributed by atoms with Crippen LogP contribution in [0.1, 0.15) is 18.5 Å². The van der Waals surface area contributed by atoms with Crippen LogP contribution in [0.2, 0.25) is 0 Å². The molecule has 0 spiro atoms. The maximum Gasteiger partial charge on any atom is 0.0649 e. The molecule has 0 unspecified atom stereocenters. The van der Waals surface area contributed by atoms with E-state index in [1.54, 1.807) is 0 Å². The largest absolute Gasteiger partial charge is 0.317 e. The smallest absolute Gasteiger partial charge is 0.0649 e. The van der Waals surface area contributed by atoms with Gasteiger partial charge in [-0.15, -0.1) is 0 Å². The summed E-state index contributed by atoms with van der Waals surface area (Å²) in [5.41, 5.74) is 2.38. The highest BCUT2D eigenvalue weighted by Gasteiger charge is 2.19. The standard InChI is InChI=1S/C16H22N4/c1-19(14-7-10-17-11-8-14)13-16-9-12-18-20(16)15-5-3-2-4-6-15/h2-6,9,12,14,17H,7-8,10-11,13H2,1H3. The number of para-hydroxylation sites is 1. The van der Waals surface area contributed by atoms with Gasteiger partial charge in [0.25, 0.3) is 0 Å². The molecule has 20 heavy (non-hydrogen) atoms. The normalized spacial score (nSPS) is 16.7. The first-order valence-corrected chi connectivity index (χ1v) is 7.34. The highest BCUT2D eigenvalue weighted by molar-refractivity contribution is 5.32. The third-order valence-corrected chi connectivity index (χ3v) is 4.07. The Kier molecular flexibility index (Phi) is 4.14. The van der Waals surface area contributed by atoms with Gasteiger partial charge in [-0.3, -0.25) is 4.90 Å². The van der Waals surface area contributed by atoms with Crippen molar-refractivity contribution in [3.8, 4) is 5.69 Å². The van der Waals surface area contributed by atoms with E-state index in [1.165, 1.54) is 18.5 Å². The highest BCUT2D eigenvalue weighted by atomic mass is 15.3. The first kappa shape index (κ1) is 13.3. The summed E-state index contributed by atoms with van der Waals surface area (Å²) in [5.74, 6) is 0. The van der Waals surface area contributed by atoms with E-state index in [-0.39, 0.29) is 0 Å². The molecule has 1 N–H and O–H groups in total. The first-order valence-electron chi connectivity index (χ1n) is 7.34. The van der Waals surface area contributed by atoms with Crippen molar-refractivity contribution < 1.29 is 0 Å². The molecule has 1 aromatic heterocycles. The lowest BCUT2D eigenvalue weighted by Crippen LogP contribution is -2.41. The van der Waals surface area contributed by atoms with Crippen LogP contribution in [0.5, 0.6) is 0 Å². The number of nitrogens with one attached hydrogen (secondary N) is 1. The van der Waals surface area contributed by atoms with Crippen molar-refractivity contribution in [1.82, 2.24) is 20.0 Å². The summed E-state index contributed by atoms with van der Waals surface area (Å²) in [6, 6.07) is 13.1. The second kappa shape index (κ2) is 6.20. The predicted octanol–water partition coefficient (Wildman–Crippen LogP) is 2.06. The molecule has 0 radical (unpaired) electrons. The Morgan fingerprint density at radius 1 is 1.20 bits per heavy atom. The molecule has 0 amide bonds. The molecule has 0 saturated carbocycles. The third kappa shape index (κ3) is 2.92. The number of hydrogen-bond donors (Lipinski definition) is 1. The fourth-order valence-corrected chi connectivity index (χ4v) is 2.88. The van der Waals surface area contributed by atoms with E-state index in [4.69, 9.17) is 0 Å². The van der Waals surface area contributed by atoms with E-state index >= 15 is 0 Å². The van der Waals surface area contributed by atoms with Gasteiger partial charge in [0, 0.05) is 18.8 Å². The van der Waals surface area contributed by atoms with Crippen LogP contribution >= 0.6 is 0 Å². The molecule has 106 valence electrons. The molecule has 4 heteroatoms. The van der Waals surface area contributed by atoms with E-state index < -0.39 is 0 Å². The molecule has 0 atom stereocenters. The Balaban J connectivity index is 1.73. The molecule has 2 heterocycles. The van der Waals surface area contributed by atoms with Gasteiger partial charge in [-0.1, -0.05) is 18.2 Å². The van der Waals surface area contributed by atoms with Gasteiger partial charge in [0.15, 0.2) is 0 Å². The van der Waals surface area contributed by atoms with Crippen LogP contribution in [0.3, 0.4) is 0 Å². The fourth-order valence-electron chi connectivity index (χ4n) is 2.88. The molecular weight excluding hydrogens is 248 g/mol. The van der Waals surface area contributed by atoms with Crippen molar-refractivity contribution in [1.29, 1.82) is 0 Å². The monoisotopic (exact) mass is 270 g/mol. The molecular formula is C16H22N4. The zero-order chi connectivity index (χ0) is 13.8. The number of benzene rings is 1. The second-order valence-corrected chi connectivity index (χ2v) is 5.47.